The van der Waals surface area contributed by atoms with E-state index in [4.69, 9.17) is 4.74 Å². The summed E-state index contributed by atoms with van der Waals surface area (Å²) < 4.78 is 18.8. The van der Waals surface area contributed by atoms with E-state index in [1.54, 1.807) is 7.05 Å². The van der Waals surface area contributed by atoms with E-state index in [9.17, 15) is 9.18 Å². The van der Waals surface area contributed by atoms with Crippen LogP contribution in [0.4, 0.5) is 10.1 Å². The third-order valence-electron chi connectivity index (χ3n) is 4.32. The maximum absolute atomic E-state index is 12.9. The third kappa shape index (κ3) is 7.82. The van der Waals surface area contributed by atoms with Crippen LogP contribution < -0.4 is 16.0 Å². The molecule has 1 saturated carbocycles. The number of anilines is 1. The predicted octanol–water partition coefficient (Wildman–Crippen LogP) is 2.67. The average molecular weight is 364 g/mol. The number of benzene rings is 1. The van der Waals surface area contributed by atoms with Gasteiger partial charge >= 0.3 is 0 Å². The van der Waals surface area contributed by atoms with Gasteiger partial charge in [-0.2, -0.15) is 0 Å². The molecule has 0 radical (unpaired) electrons. The molecule has 1 aliphatic carbocycles. The molecule has 0 aliphatic heterocycles. The van der Waals surface area contributed by atoms with E-state index in [0.29, 0.717) is 30.9 Å². The van der Waals surface area contributed by atoms with Crippen LogP contribution in [0, 0.1) is 5.82 Å². The fourth-order valence-electron chi connectivity index (χ4n) is 2.93. The second-order valence-electron chi connectivity index (χ2n) is 6.39. The monoisotopic (exact) mass is 364 g/mol. The lowest BCUT2D eigenvalue weighted by Gasteiger charge is -2.16. The zero-order valence-electron chi connectivity index (χ0n) is 15.4. The van der Waals surface area contributed by atoms with Gasteiger partial charge < -0.3 is 20.7 Å². The first-order valence-corrected chi connectivity index (χ1v) is 9.29. The first kappa shape index (κ1) is 20.2. The van der Waals surface area contributed by atoms with Crippen molar-refractivity contribution in [2.24, 2.45) is 4.99 Å². The molecule has 1 amide bonds. The van der Waals surface area contributed by atoms with Crippen LogP contribution in [0.25, 0.3) is 0 Å². The smallest absolute Gasteiger partial charge is 0.243 e. The van der Waals surface area contributed by atoms with Crippen LogP contribution in [-0.2, 0) is 9.53 Å². The SMILES string of the molecule is CN=C(NCCOC1CCCCCC1)NCC(=O)Nc1ccc(F)cc1. The summed E-state index contributed by atoms with van der Waals surface area (Å²) in [5, 5.41) is 8.77. The van der Waals surface area contributed by atoms with E-state index < -0.39 is 0 Å². The average Bonchev–Trinajstić information content (AvgIpc) is 2.92. The van der Waals surface area contributed by atoms with Gasteiger partial charge in [0.15, 0.2) is 5.96 Å². The number of carbonyl (C=O) groups excluding carboxylic acids is 1. The quantitative estimate of drug-likeness (QED) is 0.301. The highest BCUT2D eigenvalue weighted by molar-refractivity contribution is 5.94. The van der Waals surface area contributed by atoms with Crippen LogP contribution in [-0.4, -0.2) is 44.7 Å². The summed E-state index contributed by atoms with van der Waals surface area (Å²) in [6.45, 7) is 1.32. The zero-order valence-corrected chi connectivity index (χ0v) is 15.4. The first-order valence-electron chi connectivity index (χ1n) is 9.29. The van der Waals surface area contributed by atoms with Crippen LogP contribution in [0.2, 0.25) is 0 Å². The number of halogens is 1. The number of carbonyl (C=O) groups is 1. The summed E-state index contributed by atoms with van der Waals surface area (Å²) in [4.78, 5) is 16.0. The highest BCUT2D eigenvalue weighted by Gasteiger charge is 2.12. The molecule has 1 aromatic rings. The molecule has 1 fully saturated rings. The molecule has 7 heteroatoms. The lowest BCUT2D eigenvalue weighted by Crippen LogP contribution is -2.42. The van der Waals surface area contributed by atoms with Crippen LogP contribution >= 0.6 is 0 Å². The highest BCUT2D eigenvalue weighted by Crippen LogP contribution is 2.19. The summed E-state index contributed by atoms with van der Waals surface area (Å²) in [5.74, 6) is -0.0187. The van der Waals surface area contributed by atoms with Crippen molar-refractivity contribution in [2.45, 2.75) is 44.6 Å². The Labute approximate surface area is 154 Å². The number of guanidine groups is 1. The molecule has 0 bridgehead atoms. The van der Waals surface area contributed by atoms with Gasteiger partial charge in [-0.3, -0.25) is 9.79 Å². The van der Waals surface area contributed by atoms with Gasteiger partial charge in [-0.1, -0.05) is 25.7 Å². The summed E-state index contributed by atoms with van der Waals surface area (Å²) in [5.41, 5.74) is 0.554. The topological polar surface area (TPSA) is 74.8 Å². The van der Waals surface area contributed by atoms with Gasteiger partial charge in [0.2, 0.25) is 5.91 Å². The van der Waals surface area contributed by atoms with Crippen LogP contribution in [0.1, 0.15) is 38.5 Å². The highest BCUT2D eigenvalue weighted by atomic mass is 19.1. The zero-order chi connectivity index (χ0) is 18.6. The maximum atomic E-state index is 12.9. The number of aliphatic imine (C=N–C) groups is 1. The minimum Gasteiger partial charge on any atom is -0.376 e. The standard InChI is InChI=1S/C19H29FN4O2/c1-21-19(22-12-13-26-17-6-4-2-3-5-7-17)23-14-18(25)24-16-10-8-15(20)9-11-16/h8-11,17H,2-7,12-14H2,1H3,(H,24,25)(H2,21,22,23). The van der Waals surface area contributed by atoms with Crippen molar-refractivity contribution in [2.75, 3.05) is 32.1 Å². The molecule has 6 nitrogen and oxygen atoms in total. The normalized spacial score (nSPS) is 16.0. The molecule has 0 unspecified atom stereocenters. The van der Waals surface area contributed by atoms with Crippen molar-refractivity contribution in [1.82, 2.24) is 10.6 Å². The lowest BCUT2D eigenvalue weighted by molar-refractivity contribution is -0.115. The summed E-state index contributed by atoms with van der Waals surface area (Å²) in [6.07, 6.45) is 7.81. The molecule has 1 aliphatic rings. The summed E-state index contributed by atoms with van der Waals surface area (Å²) in [6, 6.07) is 5.64. The number of amides is 1. The lowest BCUT2D eigenvalue weighted by atomic mass is 10.1. The van der Waals surface area contributed by atoms with Gasteiger partial charge in [-0.25, -0.2) is 4.39 Å². The molecule has 26 heavy (non-hydrogen) atoms. The maximum Gasteiger partial charge on any atom is 0.243 e. The number of hydrogen-bond acceptors (Lipinski definition) is 3. The Morgan fingerprint density at radius 3 is 2.50 bits per heavy atom. The van der Waals surface area contributed by atoms with Gasteiger partial charge in [0.05, 0.1) is 19.3 Å². The fraction of sp³-hybridized carbons (Fsp3) is 0.579. The van der Waals surface area contributed by atoms with E-state index >= 15 is 0 Å². The Morgan fingerprint density at radius 1 is 1.15 bits per heavy atom. The van der Waals surface area contributed by atoms with Gasteiger partial charge in [0, 0.05) is 19.3 Å². The number of ether oxygens (including phenoxy) is 1. The Bertz CT molecular complexity index is 569. The summed E-state index contributed by atoms with van der Waals surface area (Å²) >= 11 is 0. The van der Waals surface area contributed by atoms with Gasteiger partial charge in [-0.05, 0) is 37.1 Å². The molecule has 144 valence electrons. The molecule has 0 spiro atoms. The van der Waals surface area contributed by atoms with Crippen LogP contribution in [0.15, 0.2) is 29.3 Å². The third-order valence-corrected chi connectivity index (χ3v) is 4.32. The van der Waals surface area contributed by atoms with Crippen molar-refractivity contribution in [3.8, 4) is 0 Å². The van der Waals surface area contributed by atoms with Gasteiger partial charge in [-0.15, -0.1) is 0 Å². The van der Waals surface area contributed by atoms with E-state index in [1.165, 1.54) is 49.9 Å². The molecule has 3 N–H and O–H groups in total. The van der Waals surface area contributed by atoms with Crippen molar-refractivity contribution >= 4 is 17.6 Å². The molecule has 2 rings (SSSR count). The number of nitrogens with one attached hydrogen (secondary N) is 3. The molecular weight excluding hydrogens is 335 g/mol. The van der Waals surface area contributed by atoms with Gasteiger partial charge in [0.25, 0.3) is 0 Å². The van der Waals surface area contributed by atoms with E-state index in [2.05, 4.69) is 20.9 Å². The first-order chi connectivity index (χ1) is 12.7. The Kier molecular flexibility index (Phi) is 8.89. The minimum absolute atomic E-state index is 0.0700. The van der Waals surface area contributed by atoms with E-state index in [0.717, 1.165) is 12.8 Å². The molecule has 1 aromatic carbocycles. The molecule has 0 heterocycles. The van der Waals surface area contributed by atoms with Crippen molar-refractivity contribution in [3.63, 3.8) is 0 Å². The fourth-order valence-corrected chi connectivity index (χ4v) is 2.93. The molecular formula is C19H29FN4O2. The van der Waals surface area contributed by atoms with Crippen molar-refractivity contribution in [3.05, 3.63) is 30.1 Å². The minimum atomic E-state index is -0.336. The Hall–Kier alpha value is -2.15. The largest absolute Gasteiger partial charge is 0.376 e. The number of nitrogens with zero attached hydrogens (tertiary/aromatic N) is 1. The van der Waals surface area contributed by atoms with E-state index in [-0.39, 0.29) is 18.3 Å². The Balaban J connectivity index is 1.60. The number of rotatable bonds is 7. The van der Waals surface area contributed by atoms with Gasteiger partial charge in [0.1, 0.15) is 5.82 Å². The second kappa shape index (κ2) is 11.5. The van der Waals surface area contributed by atoms with Crippen LogP contribution in [0.5, 0.6) is 0 Å². The number of hydrogen-bond donors (Lipinski definition) is 3. The van der Waals surface area contributed by atoms with E-state index in [1.807, 2.05) is 0 Å². The molecule has 0 atom stereocenters. The van der Waals surface area contributed by atoms with Crippen molar-refractivity contribution in [1.29, 1.82) is 0 Å². The Morgan fingerprint density at radius 2 is 1.85 bits per heavy atom. The molecule has 0 saturated heterocycles. The van der Waals surface area contributed by atoms with Crippen molar-refractivity contribution < 1.29 is 13.9 Å². The second-order valence-corrected chi connectivity index (χ2v) is 6.39. The van der Waals surface area contributed by atoms with Crippen LogP contribution in [0.3, 0.4) is 0 Å². The molecule has 0 aromatic heterocycles. The summed E-state index contributed by atoms with van der Waals surface area (Å²) in [7, 11) is 1.65. The predicted molar refractivity (Wildman–Crippen MR) is 102 cm³/mol.